The van der Waals surface area contributed by atoms with Crippen molar-refractivity contribution < 1.29 is 19.1 Å². The number of thioether (sulfide) groups is 1. The summed E-state index contributed by atoms with van der Waals surface area (Å²) in [6.45, 7) is 0.658. The van der Waals surface area contributed by atoms with E-state index >= 15 is 0 Å². The van der Waals surface area contributed by atoms with E-state index in [-0.39, 0.29) is 17.2 Å². The Morgan fingerprint density at radius 2 is 1.83 bits per heavy atom. The van der Waals surface area contributed by atoms with Crippen LogP contribution in [0, 0.1) is 0 Å². The molecule has 0 unspecified atom stereocenters. The molecular weight excluding hydrogens is 462 g/mol. The first-order valence-electron chi connectivity index (χ1n) is 11.2. The molecule has 0 spiro atoms. The van der Waals surface area contributed by atoms with E-state index in [1.165, 1.54) is 11.8 Å². The van der Waals surface area contributed by atoms with E-state index in [0.717, 1.165) is 12.0 Å². The summed E-state index contributed by atoms with van der Waals surface area (Å²) in [5.41, 5.74) is 5.90. The van der Waals surface area contributed by atoms with Gasteiger partial charge in [-0.05, 0) is 41.8 Å². The summed E-state index contributed by atoms with van der Waals surface area (Å²) >= 11 is 1.61. The van der Waals surface area contributed by atoms with Crippen LogP contribution in [0.15, 0.2) is 77.9 Å². The summed E-state index contributed by atoms with van der Waals surface area (Å²) in [6.07, 6.45) is 2.32. The summed E-state index contributed by atoms with van der Waals surface area (Å²) in [5.74, 6) is 1.40. The van der Waals surface area contributed by atoms with Gasteiger partial charge in [0.1, 0.15) is 5.37 Å². The zero-order chi connectivity index (χ0) is 24.6. The molecule has 0 radical (unpaired) electrons. The van der Waals surface area contributed by atoms with Crippen molar-refractivity contribution in [1.82, 2.24) is 10.3 Å². The lowest BCUT2D eigenvalue weighted by atomic mass is 10.1. The molecule has 1 fully saturated rings. The third kappa shape index (κ3) is 5.84. The number of amides is 2. The number of methoxy groups -OCH3 is 2. The molecule has 0 aliphatic carbocycles. The molecular formula is C27H27N3O4S. The number of hydrazone groups is 1. The highest BCUT2D eigenvalue weighted by Crippen LogP contribution is 2.38. The minimum Gasteiger partial charge on any atom is -0.493 e. The first-order valence-corrected chi connectivity index (χ1v) is 12.2. The summed E-state index contributed by atoms with van der Waals surface area (Å²) < 4.78 is 10.6. The van der Waals surface area contributed by atoms with Crippen LogP contribution in [0.1, 0.15) is 32.4 Å². The van der Waals surface area contributed by atoms with E-state index in [0.29, 0.717) is 34.9 Å². The van der Waals surface area contributed by atoms with Gasteiger partial charge in [-0.1, -0.05) is 48.5 Å². The first-order chi connectivity index (χ1) is 17.1. The van der Waals surface area contributed by atoms with Gasteiger partial charge in [0.2, 0.25) is 5.91 Å². The van der Waals surface area contributed by atoms with Crippen LogP contribution < -0.4 is 14.9 Å². The van der Waals surface area contributed by atoms with Crippen molar-refractivity contribution in [3.8, 4) is 11.5 Å². The van der Waals surface area contributed by atoms with Gasteiger partial charge in [-0.3, -0.25) is 9.59 Å². The van der Waals surface area contributed by atoms with Crippen molar-refractivity contribution >= 4 is 29.8 Å². The third-order valence-corrected chi connectivity index (χ3v) is 6.97. The summed E-state index contributed by atoms with van der Waals surface area (Å²) in [5, 5.41) is 4.01. The lowest BCUT2D eigenvalue weighted by molar-refractivity contribution is -0.128. The zero-order valence-electron chi connectivity index (χ0n) is 19.6. The van der Waals surface area contributed by atoms with Crippen LogP contribution in [0.5, 0.6) is 11.5 Å². The van der Waals surface area contributed by atoms with E-state index in [9.17, 15) is 9.59 Å². The molecule has 1 heterocycles. The molecule has 3 aromatic carbocycles. The Kier molecular flexibility index (Phi) is 8.05. The molecule has 7 nitrogen and oxygen atoms in total. The number of ether oxygens (including phenoxy) is 2. The minimum absolute atomic E-state index is 0.0538. The second kappa shape index (κ2) is 11.6. The van der Waals surface area contributed by atoms with Gasteiger partial charge in [-0.2, -0.15) is 5.10 Å². The number of carbonyl (C=O) groups is 2. The standard InChI is InChI=1S/C27H27N3O4S/c1-33-23-10-6-9-22(25(23)34-2)17-28-29-26(32)20-11-13-21(14-12-20)27-30(24(31)18-35-27)16-15-19-7-4-3-5-8-19/h3-14,17,27H,15-16,18H2,1-2H3,(H,29,32)/b28-17-/t27-/m0/s1. The van der Waals surface area contributed by atoms with Gasteiger partial charge in [0.15, 0.2) is 11.5 Å². The van der Waals surface area contributed by atoms with Crippen molar-refractivity contribution in [2.75, 3.05) is 26.5 Å². The molecule has 0 bridgehead atoms. The van der Waals surface area contributed by atoms with Crippen LogP contribution in [-0.4, -0.2) is 49.4 Å². The number of hydrogen-bond acceptors (Lipinski definition) is 6. The topological polar surface area (TPSA) is 80.2 Å². The van der Waals surface area contributed by atoms with Gasteiger partial charge in [0.05, 0.1) is 26.2 Å². The summed E-state index contributed by atoms with van der Waals surface area (Å²) in [4.78, 5) is 27.0. The Bertz CT molecular complexity index is 1200. The fraction of sp³-hybridized carbons (Fsp3) is 0.222. The van der Waals surface area contributed by atoms with E-state index in [1.54, 1.807) is 44.2 Å². The van der Waals surface area contributed by atoms with Crippen molar-refractivity contribution in [2.45, 2.75) is 11.8 Å². The highest BCUT2D eigenvalue weighted by Gasteiger charge is 2.32. The first kappa shape index (κ1) is 24.3. The minimum atomic E-state index is -0.328. The second-order valence-electron chi connectivity index (χ2n) is 7.89. The number of nitrogens with zero attached hydrogens (tertiary/aromatic N) is 2. The molecule has 180 valence electrons. The van der Waals surface area contributed by atoms with Crippen molar-refractivity contribution in [3.63, 3.8) is 0 Å². The van der Waals surface area contributed by atoms with Gasteiger partial charge in [-0.25, -0.2) is 5.43 Å². The molecule has 2 amide bonds. The lowest BCUT2D eigenvalue weighted by Crippen LogP contribution is -2.30. The van der Waals surface area contributed by atoms with Gasteiger partial charge >= 0.3 is 0 Å². The Morgan fingerprint density at radius 3 is 2.54 bits per heavy atom. The smallest absolute Gasteiger partial charge is 0.271 e. The SMILES string of the molecule is COc1cccc(/C=N\NC(=O)c2ccc([C@@H]3SCC(=O)N3CCc3ccccc3)cc2)c1OC. The Balaban J connectivity index is 1.38. The number of carbonyl (C=O) groups excluding carboxylic acids is 2. The van der Waals surface area contributed by atoms with Crippen LogP contribution in [0.3, 0.4) is 0 Å². The van der Waals surface area contributed by atoms with E-state index in [2.05, 4.69) is 22.7 Å². The maximum absolute atomic E-state index is 12.6. The van der Waals surface area contributed by atoms with Gasteiger partial charge in [-0.15, -0.1) is 11.8 Å². The maximum atomic E-state index is 12.6. The second-order valence-corrected chi connectivity index (χ2v) is 8.96. The monoisotopic (exact) mass is 489 g/mol. The normalized spacial score (nSPS) is 15.4. The molecule has 1 aliphatic heterocycles. The van der Waals surface area contributed by atoms with Gasteiger partial charge < -0.3 is 14.4 Å². The fourth-order valence-electron chi connectivity index (χ4n) is 3.90. The molecule has 8 heteroatoms. The fourth-order valence-corrected chi connectivity index (χ4v) is 5.12. The van der Waals surface area contributed by atoms with E-state index < -0.39 is 0 Å². The Morgan fingerprint density at radius 1 is 1.06 bits per heavy atom. The third-order valence-electron chi connectivity index (χ3n) is 5.71. The van der Waals surface area contributed by atoms with Gasteiger partial charge in [0, 0.05) is 17.7 Å². The number of benzene rings is 3. The molecule has 1 aliphatic rings. The summed E-state index contributed by atoms with van der Waals surface area (Å²) in [7, 11) is 3.11. The summed E-state index contributed by atoms with van der Waals surface area (Å²) in [6, 6.07) is 22.9. The number of nitrogens with one attached hydrogen (secondary N) is 1. The van der Waals surface area contributed by atoms with E-state index in [1.807, 2.05) is 47.4 Å². The lowest BCUT2D eigenvalue weighted by Gasteiger charge is -2.24. The predicted octanol–water partition coefficient (Wildman–Crippen LogP) is 4.28. The van der Waals surface area contributed by atoms with Crippen molar-refractivity contribution in [1.29, 1.82) is 0 Å². The van der Waals surface area contributed by atoms with Crippen LogP contribution >= 0.6 is 11.8 Å². The molecule has 35 heavy (non-hydrogen) atoms. The van der Waals surface area contributed by atoms with Crippen LogP contribution in [0.2, 0.25) is 0 Å². The quantitative estimate of drug-likeness (QED) is 0.358. The van der Waals surface area contributed by atoms with Crippen LogP contribution in [0.4, 0.5) is 0 Å². The highest BCUT2D eigenvalue weighted by atomic mass is 32.2. The van der Waals surface area contributed by atoms with Crippen LogP contribution in [0.25, 0.3) is 0 Å². The van der Waals surface area contributed by atoms with Crippen LogP contribution in [-0.2, 0) is 11.2 Å². The number of hydrogen-bond donors (Lipinski definition) is 1. The highest BCUT2D eigenvalue weighted by molar-refractivity contribution is 8.00. The van der Waals surface area contributed by atoms with E-state index in [4.69, 9.17) is 9.47 Å². The number of para-hydroxylation sites is 1. The Hall–Kier alpha value is -3.78. The maximum Gasteiger partial charge on any atom is 0.271 e. The molecule has 1 atom stereocenters. The molecule has 1 N–H and O–H groups in total. The Labute approximate surface area is 209 Å². The predicted molar refractivity (Wildman–Crippen MR) is 138 cm³/mol. The molecule has 0 aromatic heterocycles. The van der Waals surface area contributed by atoms with Crippen molar-refractivity contribution in [2.24, 2.45) is 5.10 Å². The molecule has 0 saturated carbocycles. The zero-order valence-corrected chi connectivity index (χ0v) is 20.5. The average Bonchev–Trinajstić information content (AvgIpc) is 3.27. The molecule has 4 rings (SSSR count). The average molecular weight is 490 g/mol. The number of rotatable bonds is 9. The van der Waals surface area contributed by atoms with Crippen molar-refractivity contribution in [3.05, 3.63) is 95.1 Å². The van der Waals surface area contributed by atoms with Gasteiger partial charge in [0.25, 0.3) is 5.91 Å². The largest absolute Gasteiger partial charge is 0.493 e. The molecule has 1 saturated heterocycles. The molecule has 3 aromatic rings.